The molecule has 154 valence electrons. The molecule has 1 N–H and O–H groups in total. The molecule has 2 aromatic rings. The van der Waals surface area contributed by atoms with E-state index < -0.39 is 5.97 Å². The molecule has 0 atom stereocenters. The van der Waals surface area contributed by atoms with Crippen LogP contribution in [0.25, 0.3) is 0 Å². The highest BCUT2D eigenvalue weighted by Crippen LogP contribution is 2.46. The molecule has 5 nitrogen and oxygen atoms in total. The van der Waals surface area contributed by atoms with Gasteiger partial charge < -0.3 is 14.7 Å². The normalized spacial score (nSPS) is 17.3. The summed E-state index contributed by atoms with van der Waals surface area (Å²) in [6, 6.07) is 12.7. The number of halogens is 2. The van der Waals surface area contributed by atoms with Crippen LogP contribution in [0.5, 0.6) is 5.75 Å². The van der Waals surface area contributed by atoms with Gasteiger partial charge in [-0.05, 0) is 44.1 Å². The van der Waals surface area contributed by atoms with Gasteiger partial charge in [-0.2, -0.15) is 0 Å². The van der Waals surface area contributed by atoms with Crippen molar-refractivity contribution in [3.8, 4) is 5.75 Å². The summed E-state index contributed by atoms with van der Waals surface area (Å²) in [5, 5.41) is 9.31. The number of hydrogen-bond donors (Lipinski definition) is 1. The number of rotatable bonds is 5. The van der Waals surface area contributed by atoms with E-state index in [2.05, 4.69) is 4.90 Å². The number of carboxylic acid groups (broad SMARTS) is 1. The van der Waals surface area contributed by atoms with Crippen LogP contribution in [-0.4, -0.2) is 48.0 Å². The molecule has 2 aliphatic heterocycles. The van der Waals surface area contributed by atoms with Crippen molar-refractivity contribution in [1.29, 1.82) is 0 Å². The van der Waals surface area contributed by atoms with Gasteiger partial charge in [0.15, 0.2) is 5.78 Å². The van der Waals surface area contributed by atoms with Crippen LogP contribution in [0.15, 0.2) is 42.5 Å². The van der Waals surface area contributed by atoms with Crippen LogP contribution in [0, 0.1) is 0 Å². The molecule has 29 heavy (non-hydrogen) atoms. The highest BCUT2D eigenvalue weighted by molar-refractivity contribution is 6.35. The predicted molar refractivity (Wildman–Crippen MR) is 114 cm³/mol. The number of fused-ring (bicyclic) bond motifs is 2. The highest BCUT2D eigenvalue weighted by atomic mass is 35.5. The summed E-state index contributed by atoms with van der Waals surface area (Å²) >= 11 is 6.17. The lowest BCUT2D eigenvalue weighted by Gasteiger charge is -2.38. The molecule has 1 spiro atoms. The molecule has 0 aromatic heterocycles. The van der Waals surface area contributed by atoms with E-state index in [9.17, 15) is 9.59 Å². The average molecular weight is 436 g/mol. The lowest BCUT2D eigenvalue weighted by atomic mass is 9.74. The Balaban J connectivity index is 0.00000240. The third-order valence-corrected chi connectivity index (χ3v) is 6.22. The minimum atomic E-state index is -0.759. The van der Waals surface area contributed by atoms with E-state index in [1.54, 1.807) is 24.3 Å². The number of benzene rings is 2. The third kappa shape index (κ3) is 4.27. The Morgan fingerprint density at radius 2 is 1.86 bits per heavy atom. The number of carboxylic acids is 1. The summed E-state index contributed by atoms with van der Waals surface area (Å²) in [6.07, 6.45) is 2.03. The average Bonchev–Trinajstić information content (AvgIpc) is 3.05. The van der Waals surface area contributed by atoms with E-state index in [4.69, 9.17) is 21.4 Å². The molecule has 1 fully saturated rings. The molecule has 0 bridgehead atoms. The molecule has 2 aromatic carbocycles. The lowest BCUT2D eigenvalue weighted by Crippen LogP contribution is -2.44. The van der Waals surface area contributed by atoms with E-state index in [1.165, 1.54) is 0 Å². The fourth-order valence-corrected chi connectivity index (χ4v) is 4.41. The number of ketones is 1. The maximum atomic E-state index is 12.8. The molecule has 2 heterocycles. The van der Waals surface area contributed by atoms with Crippen LogP contribution < -0.4 is 4.74 Å². The van der Waals surface area contributed by atoms with Gasteiger partial charge >= 0.3 is 5.97 Å². The molecule has 0 amide bonds. The lowest BCUT2D eigenvalue weighted by molar-refractivity contribution is -0.137. The number of aliphatic carboxylic acids is 1. The number of carbonyl (C=O) groups is 2. The summed E-state index contributed by atoms with van der Waals surface area (Å²) in [6.45, 7) is 2.91. The van der Waals surface area contributed by atoms with Crippen molar-refractivity contribution in [3.63, 3.8) is 0 Å². The molecule has 0 saturated carbocycles. The van der Waals surface area contributed by atoms with Crippen molar-refractivity contribution in [2.45, 2.75) is 24.7 Å². The number of carbonyl (C=O) groups excluding carboxylic acids is 1. The van der Waals surface area contributed by atoms with Gasteiger partial charge in [0.1, 0.15) is 5.75 Å². The van der Waals surface area contributed by atoms with E-state index in [-0.39, 0.29) is 30.0 Å². The number of likely N-dealkylation sites (tertiary alicyclic amines) is 1. The maximum Gasteiger partial charge on any atom is 0.304 e. The predicted octanol–water partition coefficient (Wildman–Crippen LogP) is 4.19. The van der Waals surface area contributed by atoms with Crippen molar-refractivity contribution in [2.24, 2.45) is 0 Å². The number of piperidine rings is 1. The molecule has 1 saturated heterocycles. The summed E-state index contributed by atoms with van der Waals surface area (Å²) in [5.41, 5.74) is 2.17. The molecule has 0 radical (unpaired) electrons. The second-order valence-electron chi connectivity index (χ2n) is 7.57. The molecule has 2 aliphatic rings. The van der Waals surface area contributed by atoms with Crippen LogP contribution in [0.3, 0.4) is 0 Å². The first-order valence-corrected chi connectivity index (χ1v) is 9.87. The Kier molecular flexibility index (Phi) is 6.52. The first kappa shape index (κ1) is 21.6. The van der Waals surface area contributed by atoms with Crippen molar-refractivity contribution >= 4 is 35.8 Å². The first-order chi connectivity index (χ1) is 13.5. The molecule has 7 heteroatoms. The number of hydrogen-bond acceptors (Lipinski definition) is 4. The van der Waals surface area contributed by atoms with Crippen molar-refractivity contribution in [2.75, 3.05) is 26.2 Å². The zero-order valence-electron chi connectivity index (χ0n) is 15.9. The Labute approximate surface area is 181 Å². The highest BCUT2D eigenvalue weighted by Gasteiger charge is 2.43. The second kappa shape index (κ2) is 8.74. The van der Waals surface area contributed by atoms with Crippen LogP contribution >= 0.6 is 24.0 Å². The van der Waals surface area contributed by atoms with Crippen LogP contribution in [0.4, 0.5) is 0 Å². The summed E-state index contributed by atoms with van der Waals surface area (Å²) < 4.78 is 5.98. The van der Waals surface area contributed by atoms with Crippen LogP contribution in [0.2, 0.25) is 5.02 Å². The van der Waals surface area contributed by atoms with Crippen molar-refractivity contribution in [3.05, 3.63) is 64.2 Å². The smallest absolute Gasteiger partial charge is 0.304 e. The maximum absolute atomic E-state index is 12.8. The molecular formula is C22H23Cl2NO4. The quantitative estimate of drug-likeness (QED) is 0.712. The Morgan fingerprint density at radius 1 is 1.14 bits per heavy atom. The fraction of sp³-hybridized carbons (Fsp3) is 0.364. The number of nitrogens with zero attached hydrogens (tertiary/aromatic N) is 1. The largest absolute Gasteiger partial charge is 0.492 e. The fourth-order valence-electron chi connectivity index (χ4n) is 4.19. The second-order valence-corrected chi connectivity index (χ2v) is 7.98. The molecular weight excluding hydrogens is 413 g/mol. The Morgan fingerprint density at radius 3 is 2.55 bits per heavy atom. The van der Waals surface area contributed by atoms with Gasteiger partial charge in [0.2, 0.25) is 0 Å². The van der Waals surface area contributed by atoms with Crippen LogP contribution in [0.1, 0.15) is 40.7 Å². The minimum absolute atomic E-state index is 0. The SMILES string of the molecule is Cl.O=C(O)CCN1CCC2(CC1)COc1cc(C(=O)c3ccccc3Cl)ccc12. The number of ether oxygens (including phenoxy) is 1. The molecule has 0 aliphatic carbocycles. The minimum Gasteiger partial charge on any atom is -0.492 e. The first-order valence-electron chi connectivity index (χ1n) is 9.49. The molecule has 0 unspecified atom stereocenters. The summed E-state index contributed by atoms with van der Waals surface area (Å²) in [5.74, 6) is -0.0936. The van der Waals surface area contributed by atoms with Gasteiger partial charge in [0.25, 0.3) is 0 Å². The van der Waals surface area contributed by atoms with Gasteiger partial charge in [0.05, 0.1) is 18.1 Å². The van der Waals surface area contributed by atoms with Crippen molar-refractivity contribution < 1.29 is 19.4 Å². The van der Waals surface area contributed by atoms with E-state index in [1.807, 2.05) is 18.2 Å². The van der Waals surface area contributed by atoms with Gasteiger partial charge in [0, 0.05) is 28.7 Å². The van der Waals surface area contributed by atoms with Gasteiger partial charge in [-0.25, -0.2) is 0 Å². The van der Waals surface area contributed by atoms with Gasteiger partial charge in [-0.15, -0.1) is 12.4 Å². The van der Waals surface area contributed by atoms with E-state index in [0.717, 1.165) is 37.2 Å². The van der Waals surface area contributed by atoms with Gasteiger partial charge in [-0.3, -0.25) is 9.59 Å². The summed E-state index contributed by atoms with van der Waals surface area (Å²) in [4.78, 5) is 25.8. The summed E-state index contributed by atoms with van der Waals surface area (Å²) in [7, 11) is 0. The van der Waals surface area contributed by atoms with Gasteiger partial charge in [-0.1, -0.05) is 35.9 Å². The topological polar surface area (TPSA) is 66.8 Å². The van der Waals surface area contributed by atoms with E-state index >= 15 is 0 Å². The Bertz CT molecular complexity index is 923. The zero-order chi connectivity index (χ0) is 19.7. The van der Waals surface area contributed by atoms with E-state index in [0.29, 0.717) is 29.3 Å². The van der Waals surface area contributed by atoms with Crippen LogP contribution in [-0.2, 0) is 10.2 Å². The Hall–Kier alpha value is -2.08. The molecule has 4 rings (SSSR count). The zero-order valence-corrected chi connectivity index (χ0v) is 17.5. The monoisotopic (exact) mass is 435 g/mol. The third-order valence-electron chi connectivity index (χ3n) is 5.89. The van der Waals surface area contributed by atoms with Crippen molar-refractivity contribution in [1.82, 2.24) is 4.90 Å². The standard InChI is InChI=1S/C22H22ClNO4.ClH/c23-18-4-2-1-3-16(18)21(27)15-5-6-17-19(13-15)28-14-22(17)8-11-24(12-9-22)10-7-20(25)26;/h1-6,13H,7-12,14H2,(H,25,26);1H.